The molecule has 186 valence electrons. The zero-order valence-corrected chi connectivity index (χ0v) is 18.6. The average Bonchev–Trinajstić information content (AvgIpc) is 2.85. The second-order valence-corrected chi connectivity index (χ2v) is 7.24. The predicted molar refractivity (Wildman–Crippen MR) is 113 cm³/mol. The van der Waals surface area contributed by atoms with E-state index < -0.39 is 49.0 Å². The van der Waals surface area contributed by atoms with E-state index in [1.165, 1.54) is 45.6 Å². The highest BCUT2D eigenvalue weighted by atomic mass is 16.7. The van der Waals surface area contributed by atoms with Gasteiger partial charge in [0.05, 0.1) is 27.9 Å². The van der Waals surface area contributed by atoms with Gasteiger partial charge in [-0.3, -0.25) is 0 Å². The standard InChI is InChI=1S/C22H26O12/c1-29-10-4-5-12(21(28)31-3)14(7-10)33-20-13(24)6-11(8-15(20)30-2)32-22-19(27)18(26)17(25)16(9-23)34-22/h4-8,16-19,22-27H,9H2,1-3H3. The van der Waals surface area contributed by atoms with Crippen LogP contribution >= 0.6 is 0 Å². The van der Waals surface area contributed by atoms with Crippen molar-refractivity contribution in [3.63, 3.8) is 0 Å². The van der Waals surface area contributed by atoms with Crippen LogP contribution in [0.15, 0.2) is 30.3 Å². The number of phenolic OH excluding ortho intramolecular Hbond substituents is 1. The summed E-state index contributed by atoms with van der Waals surface area (Å²) < 4.78 is 31.8. The van der Waals surface area contributed by atoms with Crippen LogP contribution < -0.4 is 18.9 Å². The lowest BCUT2D eigenvalue weighted by molar-refractivity contribution is -0.277. The molecule has 0 aliphatic carbocycles. The largest absolute Gasteiger partial charge is 0.504 e. The predicted octanol–water partition coefficient (Wildman–Crippen LogP) is 0.167. The monoisotopic (exact) mass is 482 g/mol. The van der Waals surface area contributed by atoms with Gasteiger partial charge in [0.2, 0.25) is 12.0 Å². The number of aliphatic hydroxyl groups excluding tert-OH is 4. The van der Waals surface area contributed by atoms with Crippen molar-refractivity contribution in [3.05, 3.63) is 35.9 Å². The Morgan fingerprint density at radius 3 is 2.26 bits per heavy atom. The van der Waals surface area contributed by atoms with E-state index in [0.29, 0.717) is 5.75 Å². The van der Waals surface area contributed by atoms with Gasteiger partial charge in [-0.1, -0.05) is 0 Å². The summed E-state index contributed by atoms with van der Waals surface area (Å²) in [6.45, 7) is -0.630. The molecular formula is C22H26O12. The van der Waals surface area contributed by atoms with Gasteiger partial charge < -0.3 is 54.0 Å². The lowest BCUT2D eigenvalue weighted by Gasteiger charge is -2.39. The van der Waals surface area contributed by atoms with E-state index in [1.54, 1.807) is 0 Å². The van der Waals surface area contributed by atoms with Crippen molar-refractivity contribution in [1.29, 1.82) is 0 Å². The number of aliphatic hydroxyl groups is 4. The molecule has 0 aromatic heterocycles. The molecule has 5 N–H and O–H groups in total. The van der Waals surface area contributed by atoms with Gasteiger partial charge in [-0.25, -0.2) is 4.79 Å². The molecular weight excluding hydrogens is 456 g/mol. The van der Waals surface area contributed by atoms with E-state index in [9.17, 15) is 30.3 Å². The number of phenols is 1. The molecule has 34 heavy (non-hydrogen) atoms. The summed E-state index contributed by atoms with van der Waals surface area (Å²) in [6.07, 6.45) is -7.49. The molecule has 0 amide bonds. The summed E-state index contributed by atoms with van der Waals surface area (Å²) in [4.78, 5) is 12.1. The zero-order valence-electron chi connectivity index (χ0n) is 18.6. The van der Waals surface area contributed by atoms with Gasteiger partial charge in [0.1, 0.15) is 47.2 Å². The summed E-state index contributed by atoms with van der Waals surface area (Å²) in [5, 5.41) is 49.9. The van der Waals surface area contributed by atoms with Crippen LogP contribution in [0.25, 0.3) is 0 Å². The van der Waals surface area contributed by atoms with Crippen LogP contribution in [-0.2, 0) is 9.47 Å². The van der Waals surface area contributed by atoms with Crippen LogP contribution in [0.5, 0.6) is 34.5 Å². The maximum atomic E-state index is 12.1. The third kappa shape index (κ3) is 5.11. The number of aromatic hydroxyl groups is 1. The lowest BCUT2D eigenvalue weighted by Crippen LogP contribution is -2.60. The van der Waals surface area contributed by atoms with Crippen molar-refractivity contribution in [2.24, 2.45) is 0 Å². The number of carbonyl (C=O) groups is 1. The second kappa shape index (κ2) is 10.8. The van der Waals surface area contributed by atoms with E-state index in [0.717, 1.165) is 6.07 Å². The van der Waals surface area contributed by atoms with Crippen molar-refractivity contribution >= 4 is 5.97 Å². The fraction of sp³-hybridized carbons (Fsp3) is 0.409. The van der Waals surface area contributed by atoms with E-state index in [-0.39, 0.29) is 28.6 Å². The SMILES string of the molecule is COC(=O)c1ccc(OC)cc1Oc1c(O)cc(OC2OC(CO)C(O)C(O)C2O)cc1OC. The molecule has 12 nitrogen and oxygen atoms in total. The highest BCUT2D eigenvalue weighted by molar-refractivity contribution is 5.93. The third-order valence-corrected chi connectivity index (χ3v) is 5.14. The van der Waals surface area contributed by atoms with E-state index in [2.05, 4.69) is 0 Å². The van der Waals surface area contributed by atoms with Crippen molar-refractivity contribution in [2.45, 2.75) is 30.7 Å². The fourth-order valence-electron chi connectivity index (χ4n) is 3.29. The average molecular weight is 482 g/mol. The van der Waals surface area contributed by atoms with Crippen LogP contribution in [0.1, 0.15) is 10.4 Å². The first-order valence-electron chi connectivity index (χ1n) is 10.1. The highest BCUT2D eigenvalue weighted by Crippen LogP contribution is 2.44. The number of carbonyl (C=O) groups excluding carboxylic acids is 1. The van der Waals surface area contributed by atoms with Crippen LogP contribution in [0.4, 0.5) is 0 Å². The Hall–Kier alpha value is -3.29. The summed E-state index contributed by atoms with van der Waals surface area (Å²) in [7, 11) is 3.94. The normalized spacial score (nSPS) is 24.3. The summed E-state index contributed by atoms with van der Waals surface area (Å²) >= 11 is 0. The first kappa shape index (κ1) is 25.3. The van der Waals surface area contributed by atoms with Gasteiger partial charge in [0.25, 0.3) is 0 Å². The summed E-state index contributed by atoms with van der Waals surface area (Å²) in [5.74, 6) is -0.979. The Bertz CT molecular complexity index is 1010. The number of ether oxygens (including phenoxy) is 6. The minimum absolute atomic E-state index is 0.0155. The van der Waals surface area contributed by atoms with E-state index in [4.69, 9.17) is 28.4 Å². The molecule has 1 heterocycles. The fourth-order valence-corrected chi connectivity index (χ4v) is 3.29. The molecule has 1 fully saturated rings. The summed E-state index contributed by atoms with van der Waals surface area (Å²) in [6, 6.07) is 6.81. The van der Waals surface area contributed by atoms with Crippen molar-refractivity contribution < 1.29 is 58.7 Å². The number of esters is 1. The minimum atomic E-state index is -1.65. The molecule has 2 aromatic rings. The molecule has 2 aromatic carbocycles. The molecule has 0 radical (unpaired) electrons. The van der Waals surface area contributed by atoms with Gasteiger partial charge in [-0.15, -0.1) is 0 Å². The van der Waals surface area contributed by atoms with Crippen LogP contribution in [0.2, 0.25) is 0 Å². The molecule has 5 unspecified atom stereocenters. The van der Waals surface area contributed by atoms with Gasteiger partial charge >= 0.3 is 5.97 Å². The number of hydrogen-bond donors (Lipinski definition) is 5. The zero-order chi connectivity index (χ0) is 25.0. The third-order valence-electron chi connectivity index (χ3n) is 5.14. The molecule has 1 saturated heterocycles. The molecule has 5 atom stereocenters. The van der Waals surface area contributed by atoms with Crippen LogP contribution in [0, 0.1) is 0 Å². The van der Waals surface area contributed by atoms with Crippen molar-refractivity contribution in [2.75, 3.05) is 27.9 Å². The van der Waals surface area contributed by atoms with Crippen molar-refractivity contribution in [3.8, 4) is 34.5 Å². The van der Waals surface area contributed by atoms with Crippen LogP contribution in [-0.4, -0.2) is 90.1 Å². The topological polar surface area (TPSA) is 174 Å². The molecule has 1 aliphatic heterocycles. The number of methoxy groups -OCH3 is 3. The van der Waals surface area contributed by atoms with Gasteiger partial charge in [0.15, 0.2) is 11.5 Å². The minimum Gasteiger partial charge on any atom is -0.504 e. The maximum absolute atomic E-state index is 12.1. The Kier molecular flexibility index (Phi) is 8.02. The summed E-state index contributed by atoms with van der Waals surface area (Å²) in [5.41, 5.74) is 0.0615. The Morgan fingerprint density at radius 1 is 0.941 bits per heavy atom. The molecule has 0 spiro atoms. The molecule has 0 saturated carbocycles. The van der Waals surface area contributed by atoms with Crippen molar-refractivity contribution in [1.82, 2.24) is 0 Å². The number of hydrogen-bond acceptors (Lipinski definition) is 12. The highest BCUT2D eigenvalue weighted by Gasteiger charge is 2.44. The van der Waals surface area contributed by atoms with E-state index in [1.807, 2.05) is 0 Å². The second-order valence-electron chi connectivity index (χ2n) is 7.24. The quantitative estimate of drug-likeness (QED) is 0.323. The van der Waals surface area contributed by atoms with Gasteiger partial charge in [-0.2, -0.15) is 0 Å². The molecule has 12 heteroatoms. The maximum Gasteiger partial charge on any atom is 0.341 e. The van der Waals surface area contributed by atoms with Gasteiger partial charge in [0, 0.05) is 18.2 Å². The first-order valence-corrected chi connectivity index (χ1v) is 10.1. The molecule has 0 bridgehead atoms. The Balaban J connectivity index is 1.91. The first-order chi connectivity index (χ1) is 16.2. The lowest BCUT2D eigenvalue weighted by atomic mass is 9.99. The molecule has 1 aliphatic rings. The molecule has 3 rings (SSSR count). The van der Waals surface area contributed by atoms with Gasteiger partial charge in [-0.05, 0) is 12.1 Å². The Morgan fingerprint density at radius 2 is 1.65 bits per heavy atom. The van der Waals surface area contributed by atoms with Crippen LogP contribution in [0.3, 0.4) is 0 Å². The number of rotatable bonds is 8. The Labute approximate surface area is 194 Å². The van der Waals surface area contributed by atoms with E-state index >= 15 is 0 Å². The smallest absolute Gasteiger partial charge is 0.341 e. The number of benzene rings is 2.